The van der Waals surface area contributed by atoms with Crippen molar-refractivity contribution in [2.45, 2.75) is 18.8 Å². The van der Waals surface area contributed by atoms with Gasteiger partial charge in [0.15, 0.2) is 0 Å². The summed E-state index contributed by atoms with van der Waals surface area (Å²) < 4.78 is 14.6. The predicted octanol–water partition coefficient (Wildman–Crippen LogP) is 2.37. The molecule has 14 heavy (non-hydrogen) atoms. The number of nitrogens with zero attached hydrogens (tertiary/aromatic N) is 1. The standard InChI is InChI=1S/C11H11FN2/c12-9-3-4-10-8(5-9)6-11(14(10)13)7-1-2-7/h3-7H,1-2,13H2. The molecule has 0 spiro atoms. The monoisotopic (exact) mass is 190 g/mol. The predicted molar refractivity (Wildman–Crippen MR) is 54.0 cm³/mol. The van der Waals surface area contributed by atoms with Crippen molar-refractivity contribution in [1.82, 2.24) is 4.68 Å². The zero-order chi connectivity index (χ0) is 9.71. The third kappa shape index (κ3) is 1.02. The first-order valence-corrected chi connectivity index (χ1v) is 4.81. The highest BCUT2D eigenvalue weighted by Gasteiger charge is 2.27. The molecular formula is C11H11FN2. The second-order valence-corrected chi connectivity index (χ2v) is 3.92. The fraction of sp³-hybridized carbons (Fsp3) is 0.273. The molecule has 1 saturated carbocycles. The van der Waals surface area contributed by atoms with Gasteiger partial charge in [0.05, 0.1) is 5.52 Å². The third-order valence-electron chi connectivity index (χ3n) is 2.83. The second kappa shape index (κ2) is 2.50. The van der Waals surface area contributed by atoms with Gasteiger partial charge in [-0.3, -0.25) is 4.68 Å². The summed E-state index contributed by atoms with van der Waals surface area (Å²) in [5.74, 6) is 6.31. The molecule has 2 nitrogen and oxygen atoms in total. The highest BCUT2D eigenvalue weighted by molar-refractivity contribution is 5.81. The van der Waals surface area contributed by atoms with E-state index in [0.29, 0.717) is 5.92 Å². The van der Waals surface area contributed by atoms with E-state index in [9.17, 15) is 4.39 Å². The van der Waals surface area contributed by atoms with Gasteiger partial charge in [0.2, 0.25) is 0 Å². The molecule has 3 heteroatoms. The highest BCUT2D eigenvalue weighted by atomic mass is 19.1. The first-order chi connectivity index (χ1) is 6.75. The molecule has 3 rings (SSSR count). The van der Waals surface area contributed by atoms with Crippen molar-refractivity contribution < 1.29 is 4.39 Å². The van der Waals surface area contributed by atoms with E-state index in [2.05, 4.69) is 0 Å². The molecule has 72 valence electrons. The molecule has 0 amide bonds. The van der Waals surface area contributed by atoms with Crippen molar-refractivity contribution in [2.75, 3.05) is 5.84 Å². The Morgan fingerprint density at radius 3 is 2.79 bits per heavy atom. The topological polar surface area (TPSA) is 30.9 Å². The maximum absolute atomic E-state index is 12.9. The van der Waals surface area contributed by atoms with Gasteiger partial charge in [0.1, 0.15) is 5.82 Å². The minimum Gasteiger partial charge on any atom is -0.339 e. The van der Waals surface area contributed by atoms with Gasteiger partial charge in [-0.2, -0.15) is 0 Å². The largest absolute Gasteiger partial charge is 0.339 e. The van der Waals surface area contributed by atoms with Gasteiger partial charge in [-0.05, 0) is 37.1 Å². The fourth-order valence-corrected chi connectivity index (χ4v) is 1.92. The van der Waals surface area contributed by atoms with Crippen molar-refractivity contribution in [3.63, 3.8) is 0 Å². The van der Waals surface area contributed by atoms with Gasteiger partial charge in [-0.15, -0.1) is 0 Å². The normalized spacial score (nSPS) is 16.4. The average Bonchev–Trinajstić information content (AvgIpc) is 2.93. The SMILES string of the molecule is Nn1c(C2CC2)cc2cc(F)ccc21. The van der Waals surface area contributed by atoms with E-state index < -0.39 is 0 Å². The van der Waals surface area contributed by atoms with E-state index in [4.69, 9.17) is 5.84 Å². The number of benzene rings is 1. The van der Waals surface area contributed by atoms with Crippen LogP contribution in [0.25, 0.3) is 10.9 Å². The molecule has 1 aliphatic carbocycles. The van der Waals surface area contributed by atoms with E-state index in [0.717, 1.165) is 16.6 Å². The number of hydrogen-bond acceptors (Lipinski definition) is 1. The molecule has 0 bridgehead atoms. The van der Waals surface area contributed by atoms with Gasteiger partial charge in [0.25, 0.3) is 0 Å². The molecule has 0 atom stereocenters. The van der Waals surface area contributed by atoms with Crippen molar-refractivity contribution >= 4 is 10.9 Å². The van der Waals surface area contributed by atoms with Gasteiger partial charge in [0, 0.05) is 17.0 Å². The van der Waals surface area contributed by atoms with Crippen LogP contribution in [0.2, 0.25) is 0 Å². The lowest BCUT2D eigenvalue weighted by Gasteiger charge is -2.01. The number of nitrogen functional groups attached to an aromatic ring is 1. The molecule has 1 heterocycles. The third-order valence-corrected chi connectivity index (χ3v) is 2.83. The number of hydrogen-bond donors (Lipinski definition) is 1. The first-order valence-electron chi connectivity index (χ1n) is 4.81. The summed E-state index contributed by atoms with van der Waals surface area (Å²) in [5.41, 5.74) is 2.04. The van der Waals surface area contributed by atoms with Gasteiger partial charge >= 0.3 is 0 Å². The molecule has 0 aliphatic heterocycles. The molecule has 0 unspecified atom stereocenters. The van der Waals surface area contributed by atoms with Crippen LogP contribution in [0.1, 0.15) is 24.5 Å². The smallest absolute Gasteiger partial charge is 0.123 e. The lowest BCUT2D eigenvalue weighted by Crippen LogP contribution is -2.10. The number of fused-ring (bicyclic) bond motifs is 1. The Morgan fingerprint density at radius 1 is 1.29 bits per heavy atom. The molecule has 1 aliphatic rings. The summed E-state index contributed by atoms with van der Waals surface area (Å²) >= 11 is 0. The van der Waals surface area contributed by atoms with Crippen LogP contribution >= 0.6 is 0 Å². The van der Waals surface area contributed by atoms with Crippen LogP contribution in [-0.4, -0.2) is 4.68 Å². The number of halogens is 1. The molecule has 2 aromatic rings. The summed E-state index contributed by atoms with van der Waals surface area (Å²) in [6, 6.07) is 6.71. The number of aromatic nitrogens is 1. The van der Waals surface area contributed by atoms with E-state index in [1.54, 1.807) is 10.7 Å². The first kappa shape index (κ1) is 7.85. The Labute approximate surface area is 81.1 Å². The quantitative estimate of drug-likeness (QED) is 0.687. The Balaban J connectivity index is 2.28. The lowest BCUT2D eigenvalue weighted by molar-refractivity contribution is 0.629. The number of rotatable bonds is 1. The molecule has 1 fully saturated rings. The van der Waals surface area contributed by atoms with Gasteiger partial charge < -0.3 is 5.84 Å². The zero-order valence-electron chi connectivity index (χ0n) is 7.70. The highest BCUT2D eigenvalue weighted by Crippen LogP contribution is 2.41. The van der Waals surface area contributed by atoms with Crippen LogP contribution in [0.4, 0.5) is 4.39 Å². The second-order valence-electron chi connectivity index (χ2n) is 3.92. The Kier molecular flexibility index (Phi) is 1.40. The van der Waals surface area contributed by atoms with Crippen molar-refractivity contribution in [3.8, 4) is 0 Å². The summed E-state index contributed by atoms with van der Waals surface area (Å²) in [7, 11) is 0. The van der Waals surface area contributed by atoms with Crippen LogP contribution in [0, 0.1) is 5.82 Å². The van der Waals surface area contributed by atoms with Crippen LogP contribution in [0.3, 0.4) is 0 Å². The van der Waals surface area contributed by atoms with Crippen LogP contribution < -0.4 is 5.84 Å². The Bertz CT molecular complexity index is 497. The van der Waals surface area contributed by atoms with Crippen molar-refractivity contribution in [2.24, 2.45) is 0 Å². The summed E-state index contributed by atoms with van der Waals surface area (Å²) in [6.07, 6.45) is 2.41. The minimum atomic E-state index is -0.203. The summed E-state index contributed by atoms with van der Waals surface area (Å²) in [4.78, 5) is 0. The molecule has 2 N–H and O–H groups in total. The van der Waals surface area contributed by atoms with E-state index in [1.165, 1.54) is 25.0 Å². The average molecular weight is 190 g/mol. The minimum absolute atomic E-state index is 0.203. The fourth-order valence-electron chi connectivity index (χ4n) is 1.92. The molecule has 1 aromatic heterocycles. The van der Waals surface area contributed by atoms with E-state index in [-0.39, 0.29) is 5.82 Å². The maximum atomic E-state index is 12.9. The summed E-state index contributed by atoms with van der Waals surface area (Å²) in [6.45, 7) is 0. The van der Waals surface area contributed by atoms with E-state index >= 15 is 0 Å². The lowest BCUT2D eigenvalue weighted by atomic mass is 10.2. The molecule has 0 radical (unpaired) electrons. The molecule has 0 saturated heterocycles. The van der Waals surface area contributed by atoms with Gasteiger partial charge in [-0.1, -0.05) is 0 Å². The zero-order valence-corrected chi connectivity index (χ0v) is 7.70. The molecular weight excluding hydrogens is 179 g/mol. The molecule has 1 aromatic carbocycles. The Hall–Kier alpha value is -1.51. The number of nitrogens with two attached hydrogens (primary N) is 1. The van der Waals surface area contributed by atoms with Crippen molar-refractivity contribution in [3.05, 3.63) is 35.8 Å². The maximum Gasteiger partial charge on any atom is 0.123 e. The van der Waals surface area contributed by atoms with Crippen LogP contribution in [0.15, 0.2) is 24.3 Å². The van der Waals surface area contributed by atoms with Gasteiger partial charge in [-0.25, -0.2) is 4.39 Å². The van der Waals surface area contributed by atoms with E-state index in [1.807, 2.05) is 6.07 Å². The summed E-state index contributed by atoms with van der Waals surface area (Å²) in [5, 5.41) is 0.898. The Morgan fingerprint density at radius 2 is 2.07 bits per heavy atom. The van der Waals surface area contributed by atoms with Crippen molar-refractivity contribution in [1.29, 1.82) is 0 Å². The van der Waals surface area contributed by atoms with Crippen LogP contribution in [0.5, 0.6) is 0 Å². The van der Waals surface area contributed by atoms with Crippen LogP contribution in [-0.2, 0) is 0 Å².